The number of ether oxygens (including phenoxy) is 1. The summed E-state index contributed by atoms with van der Waals surface area (Å²) in [5, 5.41) is 9.69. The number of halogens is 5. The van der Waals surface area contributed by atoms with Crippen LogP contribution in [0.4, 0.5) is 26.7 Å². The molecule has 3 heterocycles. The lowest BCUT2D eigenvalue weighted by Gasteiger charge is -2.58. The maximum Gasteiger partial charge on any atom is 0.408 e. The third-order valence-electron chi connectivity index (χ3n) is 8.71. The number of alkyl carbamates (subject to hydrolysis) is 1. The van der Waals surface area contributed by atoms with E-state index < -0.39 is 53.9 Å². The normalized spacial score (nSPS) is 24.0. The van der Waals surface area contributed by atoms with E-state index >= 15 is 0 Å². The van der Waals surface area contributed by atoms with Gasteiger partial charge in [0, 0.05) is 31.7 Å². The van der Waals surface area contributed by atoms with Crippen molar-refractivity contribution in [3.05, 3.63) is 65.6 Å². The maximum atomic E-state index is 13.6. The Hall–Kier alpha value is -3.77. The highest BCUT2D eigenvalue weighted by atomic mass is 19.4. The molecular formula is C29H30F5N5O3. The van der Waals surface area contributed by atoms with Gasteiger partial charge >= 0.3 is 12.3 Å². The molecule has 2 aliphatic carbocycles. The molecule has 6 rings (SSSR count). The first-order valence-electron chi connectivity index (χ1n) is 13.9. The van der Waals surface area contributed by atoms with Crippen LogP contribution >= 0.6 is 0 Å². The Labute approximate surface area is 238 Å². The highest BCUT2D eigenvalue weighted by Gasteiger charge is 2.63. The van der Waals surface area contributed by atoms with E-state index in [4.69, 9.17) is 4.74 Å². The first-order valence-corrected chi connectivity index (χ1v) is 13.9. The zero-order valence-electron chi connectivity index (χ0n) is 22.5. The monoisotopic (exact) mass is 591 g/mol. The predicted molar refractivity (Wildman–Crippen MR) is 139 cm³/mol. The Morgan fingerprint density at radius 1 is 1.14 bits per heavy atom. The minimum Gasteiger partial charge on any atom is -0.445 e. The van der Waals surface area contributed by atoms with Gasteiger partial charge in [-0.3, -0.25) is 4.79 Å². The van der Waals surface area contributed by atoms with Crippen molar-refractivity contribution in [2.45, 2.75) is 63.3 Å². The van der Waals surface area contributed by atoms with E-state index in [2.05, 4.69) is 20.7 Å². The summed E-state index contributed by atoms with van der Waals surface area (Å²) < 4.78 is 73.9. The molecule has 1 unspecified atom stereocenters. The number of alkyl halides is 5. The largest absolute Gasteiger partial charge is 0.445 e. The smallest absolute Gasteiger partial charge is 0.408 e. The molecule has 2 saturated carbocycles. The van der Waals surface area contributed by atoms with Crippen molar-refractivity contribution in [2.75, 3.05) is 6.54 Å². The Bertz CT molecular complexity index is 1460. The van der Waals surface area contributed by atoms with Crippen LogP contribution in [0.1, 0.15) is 55.1 Å². The van der Waals surface area contributed by atoms with Crippen molar-refractivity contribution in [1.82, 2.24) is 25.2 Å². The molecule has 3 aromatic rings. The van der Waals surface area contributed by atoms with Gasteiger partial charge < -0.3 is 15.4 Å². The highest BCUT2D eigenvalue weighted by Crippen LogP contribution is 2.66. The minimum absolute atomic E-state index is 0.0225. The number of fused-ring (bicyclic) bond motifs is 1. The van der Waals surface area contributed by atoms with Gasteiger partial charge in [-0.2, -0.15) is 18.3 Å². The number of hydrogen-bond acceptors (Lipinski definition) is 5. The lowest BCUT2D eigenvalue weighted by molar-refractivity contribution is -0.210. The molecule has 3 atom stereocenters. The van der Waals surface area contributed by atoms with Gasteiger partial charge in [0.1, 0.15) is 6.61 Å². The zero-order chi connectivity index (χ0) is 29.7. The number of carbonyl (C=O) groups excluding carboxylic acids is 2. The molecule has 1 saturated heterocycles. The second-order valence-corrected chi connectivity index (χ2v) is 12.0. The Morgan fingerprint density at radius 3 is 2.57 bits per heavy atom. The summed E-state index contributed by atoms with van der Waals surface area (Å²) in [4.78, 5) is 29.7. The van der Waals surface area contributed by atoms with Crippen molar-refractivity contribution in [3.8, 4) is 0 Å². The van der Waals surface area contributed by atoms with Crippen LogP contribution in [0.25, 0.3) is 5.65 Å². The zero-order valence-corrected chi connectivity index (χ0v) is 22.5. The van der Waals surface area contributed by atoms with Crippen LogP contribution in [0.2, 0.25) is 0 Å². The van der Waals surface area contributed by atoms with Gasteiger partial charge in [-0.1, -0.05) is 30.3 Å². The summed E-state index contributed by atoms with van der Waals surface area (Å²) in [5.41, 5.74) is 1.70. The van der Waals surface area contributed by atoms with Crippen molar-refractivity contribution >= 4 is 17.6 Å². The fraction of sp³-hybridized carbons (Fsp3) is 0.517. The molecule has 1 aromatic carbocycles. The van der Waals surface area contributed by atoms with Gasteiger partial charge in [0.15, 0.2) is 5.65 Å². The van der Waals surface area contributed by atoms with Crippen LogP contribution in [0.15, 0.2) is 48.7 Å². The molecular weight excluding hydrogens is 561 g/mol. The third-order valence-corrected chi connectivity index (χ3v) is 8.71. The standard InChI is InChI=1S/C29H30F5N5O3/c30-28(31)15-27(16-28)10-19(11-27)24(37-26(41)42-14-17-4-2-1-3-5-17)22-13-39-23(36-22)7-6-21(38-39)9-18-8-20(29(32,33)34)12-35-25(18)40/h1-7,13,18-20,24H,8-12,14-16H2,(H,35,40)(H,37,41)/t18?,20-,24+/m1/s1. The SMILES string of the molecule is O=C(N[C@H](c1cn2nc(CC3C[C@@H](C(F)(F)F)CNC3=O)ccc2n1)C1CC2(C1)CC(F)(F)C2)OCc1ccccc1. The molecule has 3 fully saturated rings. The molecule has 13 heteroatoms. The molecule has 2 N–H and O–H groups in total. The number of imidazole rings is 1. The molecule has 2 amide bonds. The van der Waals surface area contributed by atoms with Crippen LogP contribution in [0.5, 0.6) is 0 Å². The topological polar surface area (TPSA) is 97.6 Å². The van der Waals surface area contributed by atoms with Gasteiger partial charge in [0.2, 0.25) is 11.8 Å². The Morgan fingerprint density at radius 2 is 1.88 bits per heavy atom. The van der Waals surface area contributed by atoms with Gasteiger partial charge in [0.25, 0.3) is 0 Å². The summed E-state index contributed by atoms with van der Waals surface area (Å²) in [6.07, 6.45) is -3.06. The van der Waals surface area contributed by atoms with Gasteiger partial charge in [0.05, 0.1) is 29.5 Å². The van der Waals surface area contributed by atoms with E-state index in [9.17, 15) is 31.5 Å². The van der Waals surface area contributed by atoms with Crippen molar-refractivity contribution in [1.29, 1.82) is 0 Å². The van der Waals surface area contributed by atoms with Crippen LogP contribution in [-0.4, -0.2) is 45.2 Å². The van der Waals surface area contributed by atoms with Crippen LogP contribution in [0, 0.1) is 23.2 Å². The van der Waals surface area contributed by atoms with E-state index in [0.29, 0.717) is 29.9 Å². The molecule has 0 bridgehead atoms. The number of amides is 2. The summed E-state index contributed by atoms with van der Waals surface area (Å²) in [6, 6.07) is 11.8. The maximum absolute atomic E-state index is 13.6. The molecule has 8 nitrogen and oxygen atoms in total. The van der Waals surface area contributed by atoms with Crippen molar-refractivity contribution < 1.29 is 36.3 Å². The molecule has 42 heavy (non-hydrogen) atoms. The van der Waals surface area contributed by atoms with Crippen LogP contribution in [0.3, 0.4) is 0 Å². The quantitative estimate of drug-likeness (QED) is 0.360. The number of hydrogen-bond donors (Lipinski definition) is 2. The number of aromatic nitrogens is 3. The number of carbonyl (C=O) groups is 2. The molecule has 224 valence electrons. The van der Waals surface area contributed by atoms with Crippen LogP contribution < -0.4 is 10.6 Å². The first-order chi connectivity index (χ1) is 19.9. The molecule has 2 aromatic heterocycles. The summed E-state index contributed by atoms with van der Waals surface area (Å²) in [7, 11) is 0. The molecule has 0 radical (unpaired) electrons. The second kappa shape index (κ2) is 10.5. The van der Waals surface area contributed by atoms with E-state index in [1.54, 1.807) is 18.3 Å². The Kier molecular flexibility index (Phi) is 7.09. The second-order valence-electron chi connectivity index (χ2n) is 12.0. The highest BCUT2D eigenvalue weighted by molar-refractivity contribution is 5.79. The minimum atomic E-state index is -4.40. The lowest BCUT2D eigenvalue weighted by atomic mass is 9.49. The van der Waals surface area contributed by atoms with E-state index in [0.717, 1.165) is 5.56 Å². The fourth-order valence-electron chi connectivity index (χ4n) is 6.73. The Balaban J connectivity index is 1.18. The molecule has 1 aliphatic heterocycles. The third kappa shape index (κ3) is 5.91. The lowest BCUT2D eigenvalue weighted by Crippen LogP contribution is -2.56. The van der Waals surface area contributed by atoms with Gasteiger partial charge in [-0.15, -0.1) is 0 Å². The summed E-state index contributed by atoms with van der Waals surface area (Å²) in [6.45, 7) is -0.376. The molecule has 3 aliphatic rings. The van der Waals surface area contributed by atoms with Gasteiger partial charge in [-0.25, -0.2) is 23.1 Å². The first kappa shape index (κ1) is 28.4. The van der Waals surface area contributed by atoms with Crippen molar-refractivity contribution in [2.24, 2.45) is 23.2 Å². The van der Waals surface area contributed by atoms with Crippen molar-refractivity contribution in [3.63, 3.8) is 0 Å². The molecule has 1 spiro atoms. The number of nitrogens with zero attached hydrogens (tertiary/aromatic N) is 3. The van der Waals surface area contributed by atoms with Crippen LogP contribution in [-0.2, 0) is 22.6 Å². The summed E-state index contributed by atoms with van der Waals surface area (Å²) >= 11 is 0. The van der Waals surface area contributed by atoms with Gasteiger partial charge in [-0.05, 0) is 48.3 Å². The number of piperidine rings is 1. The number of benzene rings is 1. The average molecular weight is 592 g/mol. The van der Waals surface area contributed by atoms with E-state index in [-0.39, 0.29) is 38.2 Å². The van der Waals surface area contributed by atoms with E-state index in [1.807, 2.05) is 30.3 Å². The predicted octanol–water partition coefficient (Wildman–Crippen LogP) is 5.38. The fourth-order valence-corrected chi connectivity index (χ4v) is 6.73. The van der Waals surface area contributed by atoms with E-state index in [1.165, 1.54) is 4.52 Å². The average Bonchev–Trinajstić information content (AvgIpc) is 3.32. The number of rotatable bonds is 7. The number of nitrogens with one attached hydrogen (secondary N) is 2. The summed E-state index contributed by atoms with van der Waals surface area (Å²) in [5.74, 6) is -5.72.